The van der Waals surface area contributed by atoms with Crippen molar-refractivity contribution in [3.8, 4) is 22.3 Å². The fraction of sp³-hybridized carbons (Fsp3) is 0. The van der Waals surface area contributed by atoms with Gasteiger partial charge in [0.2, 0.25) is 0 Å². The van der Waals surface area contributed by atoms with Gasteiger partial charge in [0.25, 0.3) is 0 Å². The number of fused-ring (bicyclic) bond motifs is 9. The van der Waals surface area contributed by atoms with Crippen LogP contribution in [0, 0.1) is 0 Å². The Hall–Kier alpha value is -5.40. The van der Waals surface area contributed by atoms with E-state index in [1.165, 1.54) is 0 Å². The van der Waals surface area contributed by atoms with Gasteiger partial charge in [0.1, 0.15) is 11.2 Å². The molecule has 0 spiro atoms. The summed E-state index contributed by atoms with van der Waals surface area (Å²) in [7, 11) is 0. The minimum absolute atomic E-state index is 0.0268. The molecule has 0 atom stereocenters. The second-order valence-corrected chi connectivity index (χ2v) is 10.0. The normalized spacial score (nSPS) is 15.7. The summed E-state index contributed by atoms with van der Waals surface area (Å²) in [6, 6.07) is 19.3. The van der Waals surface area contributed by atoms with Gasteiger partial charge in [0.15, 0.2) is 0 Å². The van der Waals surface area contributed by atoms with Crippen LogP contribution in [-0.2, 0) is 0 Å². The van der Waals surface area contributed by atoms with Crippen molar-refractivity contribution in [3.63, 3.8) is 0 Å². The van der Waals surface area contributed by atoms with E-state index in [2.05, 4.69) is 0 Å². The first kappa shape index (κ1) is 14.3. The SMILES string of the molecule is [2H]c1c([2H])c([2H])c2c([2H])c3c(c([2H])c([2H])c4c([2H])c([2H])c([2H])c([2H])c43)c(-c3cc(-c4ccccc4)c4oc5ccc6ccccc6c5c4c3)c2c1[2H]. The molecule has 9 aromatic rings. The monoisotopic (exact) mass is 531 g/mol. The molecule has 0 bridgehead atoms. The van der Waals surface area contributed by atoms with Gasteiger partial charge in [-0.2, -0.15) is 0 Å². The van der Waals surface area contributed by atoms with Gasteiger partial charge in [0, 0.05) is 16.3 Å². The maximum Gasteiger partial charge on any atom is 0.143 e. The number of hydrogen-bond acceptors (Lipinski definition) is 1. The Balaban J connectivity index is 1.61. The fourth-order valence-electron chi connectivity index (χ4n) is 5.98. The predicted molar refractivity (Wildman–Crippen MR) is 175 cm³/mol. The fourth-order valence-corrected chi connectivity index (χ4v) is 5.98. The highest BCUT2D eigenvalue weighted by molar-refractivity contribution is 6.24. The lowest BCUT2D eigenvalue weighted by atomic mass is 9.87. The zero-order valence-corrected chi connectivity index (χ0v) is 21.4. The zero-order chi connectivity index (χ0) is 36.5. The highest BCUT2D eigenvalue weighted by Gasteiger charge is 2.19. The number of benzene rings is 8. The molecule has 1 heteroatoms. The molecule has 0 N–H and O–H groups in total. The van der Waals surface area contributed by atoms with Crippen molar-refractivity contribution >= 4 is 65.0 Å². The van der Waals surface area contributed by atoms with E-state index in [-0.39, 0.29) is 37.9 Å². The van der Waals surface area contributed by atoms with Crippen molar-refractivity contribution in [2.24, 2.45) is 0 Å². The Labute approximate surface area is 252 Å². The first-order chi connectivity index (χ1) is 24.9. The van der Waals surface area contributed by atoms with Crippen molar-refractivity contribution in [2.75, 3.05) is 0 Å². The van der Waals surface area contributed by atoms with Crippen molar-refractivity contribution < 1.29 is 19.5 Å². The summed E-state index contributed by atoms with van der Waals surface area (Å²) in [6.07, 6.45) is 0. The van der Waals surface area contributed by atoms with Crippen molar-refractivity contribution in [1.82, 2.24) is 0 Å². The Morgan fingerprint density at radius 2 is 1.27 bits per heavy atom. The third-order valence-electron chi connectivity index (χ3n) is 7.77. The van der Waals surface area contributed by atoms with E-state index < -0.39 is 66.5 Å². The van der Waals surface area contributed by atoms with Crippen LogP contribution in [0.3, 0.4) is 0 Å². The summed E-state index contributed by atoms with van der Waals surface area (Å²) < 4.78 is 104. The van der Waals surface area contributed by atoms with Crippen LogP contribution in [0.2, 0.25) is 0 Å². The predicted octanol–water partition coefficient (Wildman–Crippen LogP) is 11.5. The van der Waals surface area contributed by atoms with Crippen LogP contribution in [0.1, 0.15) is 15.1 Å². The van der Waals surface area contributed by atoms with Crippen molar-refractivity contribution in [3.05, 3.63) is 145 Å². The highest BCUT2D eigenvalue weighted by atomic mass is 16.3. The Morgan fingerprint density at radius 1 is 0.488 bits per heavy atom. The Morgan fingerprint density at radius 3 is 2.17 bits per heavy atom. The lowest BCUT2D eigenvalue weighted by Gasteiger charge is -2.15. The number of furan rings is 1. The topological polar surface area (TPSA) is 13.1 Å². The third kappa shape index (κ3) is 3.30. The second-order valence-electron chi connectivity index (χ2n) is 10.0. The van der Waals surface area contributed by atoms with Gasteiger partial charge in [-0.25, -0.2) is 0 Å². The molecule has 0 aliphatic rings. The summed E-state index contributed by atoms with van der Waals surface area (Å²) in [5.74, 6) is 0. The van der Waals surface area contributed by atoms with Gasteiger partial charge in [0.05, 0.1) is 15.1 Å². The number of hydrogen-bond donors (Lipinski definition) is 0. The molecule has 0 radical (unpaired) electrons. The summed E-state index contributed by atoms with van der Waals surface area (Å²) in [5.41, 5.74) is 3.20. The average molecular weight is 532 g/mol. The van der Waals surface area contributed by atoms with Crippen molar-refractivity contribution in [1.29, 1.82) is 0 Å². The molecule has 0 unspecified atom stereocenters. The maximum absolute atomic E-state index is 9.46. The second kappa shape index (κ2) is 8.55. The van der Waals surface area contributed by atoms with Crippen LogP contribution in [0.15, 0.2) is 150 Å². The molecule has 41 heavy (non-hydrogen) atoms. The highest BCUT2D eigenvalue weighted by Crippen LogP contribution is 2.45. The van der Waals surface area contributed by atoms with Crippen LogP contribution in [0.5, 0.6) is 0 Å². The van der Waals surface area contributed by atoms with E-state index in [4.69, 9.17) is 15.4 Å². The maximum atomic E-state index is 9.46. The minimum atomic E-state index is -0.587. The summed E-state index contributed by atoms with van der Waals surface area (Å²) in [5, 5.41) is 2.68. The molecule has 8 aromatic carbocycles. The lowest BCUT2D eigenvalue weighted by molar-refractivity contribution is 0.670. The summed E-state index contributed by atoms with van der Waals surface area (Å²) in [6.45, 7) is 0. The van der Waals surface area contributed by atoms with E-state index in [0.717, 1.165) is 21.7 Å². The molecule has 1 heterocycles. The molecule has 0 amide bonds. The van der Waals surface area contributed by atoms with Gasteiger partial charge >= 0.3 is 0 Å². The van der Waals surface area contributed by atoms with Crippen LogP contribution in [0.4, 0.5) is 0 Å². The summed E-state index contributed by atoms with van der Waals surface area (Å²) >= 11 is 0. The van der Waals surface area contributed by atoms with Gasteiger partial charge in [-0.3, -0.25) is 0 Å². The van der Waals surface area contributed by atoms with Crippen LogP contribution in [0.25, 0.3) is 87.3 Å². The summed E-state index contributed by atoms with van der Waals surface area (Å²) in [4.78, 5) is 0. The molecule has 0 saturated heterocycles. The molecule has 1 aromatic heterocycles. The molecule has 9 rings (SSSR count). The van der Waals surface area contributed by atoms with Gasteiger partial charge in [-0.05, 0) is 84.0 Å². The van der Waals surface area contributed by atoms with E-state index in [9.17, 15) is 4.11 Å². The standard InChI is InChI=1S/C40H24O/c1-2-10-25(11-3-1)34-23-29(24-36-39-31-16-8-5-13-27(31)19-21-37(39)41-40(34)36)38-32-17-9-6-14-28(32)22-35-30-15-7-4-12-26(30)18-20-33(35)38/h1-24H/i4D,6D,7D,9D,12D,14D,15D,17D,18D,20D,22D. The van der Waals surface area contributed by atoms with E-state index >= 15 is 0 Å². The van der Waals surface area contributed by atoms with E-state index in [0.29, 0.717) is 27.7 Å². The number of rotatable bonds is 2. The lowest BCUT2D eigenvalue weighted by Crippen LogP contribution is -1.89. The molecule has 1 nitrogen and oxygen atoms in total. The molecular formula is C40H24O. The molecular weight excluding hydrogens is 496 g/mol. The van der Waals surface area contributed by atoms with Crippen LogP contribution >= 0.6 is 0 Å². The van der Waals surface area contributed by atoms with Gasteiger partial charge in [-0.1, -0.05) is 121 Å². The van der Waals surface area contributed by atoms with Gasteiger partial charge < -0.3 is 4.42 Å². The zero-order valence-electron chi connectivity index (χ0n) is 32.4. The first-order valence-corrected chi connectivity index (χ1v) is 13.2. The third-order valence-corrected chi connectivity index (χ3v) is 7.77. The van der Waals surface area contributed by atoms with Crippen LogP contribution < -0.4 is 0 Å². The molecule has 0 aliphatic heterocycles. The van der Waals surface area contributed by atoms with Gasteiger partial charge in [-0.15, -0.1) is 0 Å². The first-order valence-electron chi connectivity index (χ1n) is 18.7. The smallest absolute Gasteiger partial charge is 0.143 e. The Bertz CT molecular complexity index is 3080. The van der Waals surface area contributed by atoms with Crippen LogP contribution in [-0.4, -0.2) is 0 Å². The van der Waals surface area contributed by atoms with Crippen molar-refractivity contribution in [2.45, 2.75) is 0 Å². The molecule has 0 aliphatic carbocycles. The quantitative estimate of drug-likeness (QED) is 0.160. The molecule has 0 saturated carbocycles. The average Bonchev–Trinajstić information content (AvgIpc) is 3.54. The minimum Gasteiger partial charge on any atom is -0.455 e. The van der Waals surface area contributed by atoms with E-state index in [1.54, 1.807) is 0 Å². The molecule has 190 valence electrons. The molecule has 0 fully saturated rings. The Kier molecular flexibility index (Phi) is 2.98. The largest absolute Gasteiger partial charge is 0.455 e. The van der Waals surface area contributed by atoms with E-state index in [1.807, 2.05) is 78.9 Å².